The molecule has 0 radical (unpaired) electrons. The van der Waals surface area contributed by atoms with Crippen LogP contribution in [0.5, 0.6) is 0 Å². The van der Waals surface area contributed by atoms with Crippen LogP contribution in [-0.2, 0) is 9.37 Å². The van der Waals surface area contributed by atoms with Crippen LogP contribution in [0.3, 0.4) is 0 Å². The first-order chi connectivity index (χ1) is 3.91. The molecule has 0 saturated heterocycles. The van der Waals surface area contributed by atoms with Crippen LogP contribution in [0.15, 0.2) is 0 Å². The zero-order valence-corrected chi connectivity index (χ0v) is 5.06. The third-order valence-electron chi connectivity index (χ3n) is 0.464. The van der Waals surface area contributed by atoms with Gasteiger partial charge in [0.2, 0.25) is 0 Å². The average molecular weight is 140 g/mol. The van der Waals surface area contributed by atoms with E-state index in [9.17, 15) is 0 Å². The predicted molar refractivity (Wildman–Crippen MR) is 29.0 cm³/mol. The second-order valence-corrected chi connectivity index (χ2v) is 1.82. The van der Waals surface area contributed by atoms with Crippen molar-refractivity contribution in [1.82, 2.24) is 0 Å². The molecular weight excluding hydrogens is 132 g/mol. The quantitative estimate of drug-likeness (QED) is 0.251. The lowest BCUT2D eigenvalue weighted by molar-refractivity contribution is -0.432. The molecule has 50 valence electrons. The molecule has 5 heteroatoms. The van der Waals surface area contributed by atoms with Crippen LogP contribution in [0.1, 0.15) is 6.42 Å². The third-order valence-corrected chi connectivity index (χ3v) is 1.08. The Labute approximate surface area is 51.5 Å². The Hall–Kier alpha value is 0.190. The van der Waals surface area contributed by atoms with Crippen molar-refractivity contribution in [2.75, 3.05) is 12.4 Å². The largest absolute Gasteiger partial charge is 0.396 e. The summed E-state index contributed by atoms with van der Waals surface area (Å²) in [5.74, 6) is 0.608. The molecule has 0 amide bonds. The second-order valence-electron chi connectivity index (χ2n) is 1.04. The van der Waals surface area contributed by atoms with Gasteiger partial charge in [0.15, 0.2) is 0 Å². The van der Waals surface area contributed by atoms with Crippen molar-refractivity contribution in [3.05, 3.63) is 0 Å². The average Bonchev–Trinajstić information content (AvgIpc) is 1.81. The van der Waals surface area contributed by atoms with Crippen LogP contribution >= 0.6 is 12.0 Å². The highest BCUT2D eigenvalue weighted by molar-refractivity contribution is 7.94. The van der Waals surface area contributed by atoms with E-state index in [1.807, 2.05) is 0 Å². The summed E-state index contributed by atoms with van der Waals surface area (Å²) >= 11 is 0.946. The minimum Gasteiger partial charge on any atom is -0.396 e. The van der Waals surface area contributed by atoms with Gasteiger partial charge in [-0.15, -0.1) is 4.33 Å². The molecular formula is C3H8O4S. The Balaban J connectivity index is 2.53. The van der Waals surface area contributed by atoms with E-state index in [2.05, 4.69) is 9.37 Å². The van der Waals surface area contributed by atoms with E-state index in [0.717, 1.165) is 12.0 Å². The van der Waals surface area contributed by atoms with Crippen LogP contribution < -0.4 is 0 Å². The van der Waals surface area contributed by atoms with E-state index in [1.54, 1.807) is 0 Å². The minimum atomic E-state index is 0.127. The van der Waals surface area contributed by atoms with Crippen molar-refractivity contribution in [2.24, 2.45) is 0 Å². The molecule has 0 aliphatic rings. The van der Waals surface area contributed by atoms with Gasteiger partial charge in [-0.1, -0.05) is 5.04 Å². The summed E-state index contributed by atoms with van der Waals surface area (Å²) in [5, 5.41) is 19.0. The van der Waals surface area contributed by atoms with Crippen molar-refractivity contribution in [3.8, 4) is 0 Å². The molecule has 0 aromatic rings. The van der Waals surface area contributed by atoms with Gasteiger partial charge >= 0.3 is 0 Å². The van der Waals surface area contributed by atoms with Gasteiger partial charge in [0.25, 0.3) is 0 Å². The van der Waals surface area contributed by atoms with Crippen molar-refractivity contribution in [3.63, 3.8) is 0 Å². The minimum absolute atomic E-state index is 0.127. The molecule has 0 fully saturated rings. The molecule has 0 aromatic carbocycles. The SMILES string of the molecule is OCCCSOOO. The molecule has 0 aliphatic carbocycles. The maximum atomic E-state index is 8.19. The van der Waals surface area contributed by atoms with Crippen LogP contribution in [0.2, 0.25) is 0 Å². The topological polar surface area (TPSA) is 58.9 Å². The first-order valence-corrected chi connectivity index (χ1v) is 3.03. The lowest BCUT2D eigenvalue weighted by atomic mass is 10.5. The zero-order valence-electron chi connectivity index (χ0n) is 4.24. The monoisotopic (exact) mass is 140 g/mol. The lowest BCUT2D eigenvalue weighted by Crippen LogP contribution is -1.86. The highest BCUT2D eigenvalue weighted by Gasteiger charge is 1.86. The number of hydrogen-bond donors (Lipinski definition) is 2. The molecule has 0 saturated carbocycles. The van der Waals surface area contributed by atoms with Gasteiger partial charge in [-0.05, 0) is 6.42 Å². The Morgan fingerprint density at radius 3 is 2.75 bits per heavy atom. The smallest absolute Gasteiger partial charge is 0.0439 e. The summed E-state index contributed by atoms with van der Waals surface area (Å²) in [7, 11) is 0. The van der Waals surface area contributed by atoms with Gasteiger partial charge in [-0.3, -0.25) is 0 Å². The van der Waals surface area contributed by atoms with Gasteiger partial charge in [0, 0.05) is 24.4 Å². The fraction of sp³-hybridized carbons (Fsp3) is 1.00. The van der Waals surface area contributed by atoms with E-state index in [0.29, 0.717) is 12.2 Å². The number of aliphatic hydroxyl groups excluding tert-OH is 1. The predicted octanol–water partition coefficient (Wildman–Crippen LogP) is 0.438. The molecule has 4 nitrogen and oxygen atoms in total. The van der Waals surface area contributed by atoms with E-state index >= 15 is 0 Å². The summed E-state index contributed by atoms with van der Waals surface area (Å²) in [6.45, 7) is 0.127. The summed E-state index contributed by atoms with van der Waals surface area (Å²) in [6, 6.07) is 0. The molecule has 0 rings (SSSR count). The molecule has 0 heterocycles. The van der Waals surface area contributed by atoms with Crippen LogP contribution in [-0.4, -0.2) is 22.7 Å². The van der Waals surface area contributed by atoms with Crippen LogP contribution in [0.4, 0.5) is 0 Å². The first kappa shape index (κ1) is 8.19. The maximum absolute atomic E-state index is 8.19. The Morgan fingerprint density at radius 1 is 1.50 bits per heavy atom. The number of rotatable bonds is 5. The summed E-state index contributed by atoms with van der Waals surface area (Å²) in [5.41, 5.74) is 0. The van der Waals surface area contributed by atoms with Gasteiger partial charge < -0.3 is 5.11 Å². The van der Waals surface area contributed by atoms with Gasteiger partial charge in [-0.25, -0.2) is 5.26 Å². The van der Waals surface area contributed by atoms with Gasteiger partial charge in [0.1, 0.15) is 0 Å². The van der Waals surface area contributed by atoms with Crippen molar-refractivity contribution in [1.29, 1.82) is 0 Å². The lowest BCUT2D eigenvalue weighted by Gasteiger charge is -1.92. The number of hydrogen-bond acceptors (Lipinski definition) is 5. The maximum Gasteiger partial charge on any atom is 0.0439 e. The second kappa shape index (κ2) is 7.19. The molecule has 0 spiro atoms. The van der Waals surface area contributed by atoms with Crippen LogP contribution in [0, 0.1) is 0 Å². The Kier molecular flexibility index (Phi) is 7.36. The molecule has 0 aliphatic heterocycles. The van der Waals surface area contributed by atoms with Gasteiger partial charge in [0.05, 0.1) is 0 Å². The Morgan fingerprint density at radius 2 is 2.25 bits per heavy atom. The summed E-state index contributed by atoms with van der Waals surface area (Å²) in [6.07, 6.45) is 0.633. The van der Waals surface area contributed by atoms with Gasteiger partial charge in [-0.2, -0.15) is 0 Å². The van der Waals surface area contributed by atoms with Crippen LogP contribution in [0.25, 0.3) is 0 Å². The molecule has 0 bridgehead atoms. The van der Waals surface area contributed by atoms with Crippen molar-refractivity contribution in [2.45, 2.75) is 6.42 Å². The normalized spacial score (nSPS) is 9.75. The first-order valence-electron chi connectivity index (χ1n) is 2.12. The zero-order chi connectivity index (χ0) is 6.24. The summed E-state index contributed by atoms with van der Waals surface area (Å²) < 4.78 is 4.00. The standard InChI is InChI=1S/C3H8O4S/c4-2-1-3-8-7-6-5/h4-5H,1-3H2. The van der Waals surface area contributed by atoms with Crippen molar-refractivity contribution >= 4 is 12.0 Å². The summed E-state index contributed by atoms with van der Waals surface area (Å²) in [4.78, 5) is 0. The molecule has 0 aromatic heterocycles. The number of aliphatic hydroxyl groups is 1. The highest BCUT2D eigenvalue weighted by Crippen LogP contribution is 2.02. The van der Waals surface area contributed by atoms with E-state index in [-0.39, 0.29) is 6.61 Å². The van der Waals surface area contributed by atoms with E-state index in [4.69, 9.17) is 10.4 Å². The highest BCUT2D eigenvalue weighted by atomic mass is 32.2. The molecule has 2 N–H and O–H groups in total. The molecule has 0 unspecified atom stereocenters. The third kappa shape index (κ3) is 6.19. The fourth-order valence-electron chi connectivity index (χ4n) is 0.179. The van der Waals surface area contributed by atoms with E-state index in [1.165, 1.54) is 0 Å². The molecule has 8 heavy (non-hydrogen) atoms. The van der Waals surface area contributed by atoms with Crippen molar-refractivity contribution < 1.29 is 19.7 Å². The van der Waals surface area contributed by atoms with E-state index < -0.39 is 0 Å². The fourth-order valence-corrected chi connectivity index (χ4v) is 0.537. The Bertz CT molecular complexity index is 36.3. The molecule has 0 atom stereocenters.